The smallest absolute Gasteiger partial charge is 0.253 e. The Morgan fingerprint density at radius 3 is 2.91 bits per heavy atom. The summed E-state index contributed by atoms with van der Waals surface area (Å²) < 4.78 is 0. The summed E-state index contributed by atoms with van der Waals surface area (Å²) in [6.07, 6.45) is 4.98. The van der Waals surface area contributed by atoms with E-state index in [2.05, 4.69) is 20.4 Å². The van der Waals surface area contributed by atoms with Crippen LogP contribution in [-0.2, 0) is 0 Å². The molecule has 0 aliphatic carbocycles. The molecule has 2 aromatic rings. The fourth-order valence-electron chi connectivity index (χ4n) is 2.72. The number of amides is 1. The van der Waals surface area contributed by atoms with Crippen LogP contribution >= 0.6 is 11.6 Å². The Morgan fingerprint density at radius 2 is 2.14 bits per heavy atom. The minimum atomic E-state index is -0.110. The van der Waals surface area contributed by atoms with Gasteiger partial charge in [-0.25, -0.2) is 0 Å². The quantitative estimate of drug-likeness (QED) is 0.945. The molecule has 22 heavy (non-hydrogen) atoms. The van der Waals surface area contributed by atoms with E-state index < -0.39 is 0 Å². The van der Waals surface area contributed by atoms with E-state index in [1.807, 2.05) is 24.3 Å². The Labute approximate surface area is 134 Å². The van der Waals surface area contributed by atoms with E-state index >= 15 is 0 Å². The molecule has 1 aliphatic heterocycles. The van der Waals surface area contributed by atoms with Gasteiger partial charge in [0.15, 0.2) is 0 Å². The van der Waals surface area contributed by atoms with Crippen LogP contribution < -0.4 is 10.2 Å². The van der Waals surface area contributed by atoms with Crippen molar-refractivity contribution >= 4 is 23.2 Å². The molecule has 1 aromatic heterocycles. The fourth-order valence-corrected chi connectivity index (χ4v) is 2.97. The number of nitrogens with one attached hydrogen (secondary N) is 1. The summed E-state index contributed by atoms with van der Waals surface area (Å²) in [5.74, 6) is -0.110. The lowest BCUT2D eigenvalue weighted by Gasteiger charge is -2.35. The average molecular weight is 317 g/mol. The number of halogens is 1. The van der Waals surface area contributed by atoms with Crippen molar-refractivity contribution in [2.45, 2.75) is 18.9 Å². The first kappa shape index (κ1) is 14.8. The molecule has 0 saturated carbocycles. The van der Waals surface area contributed by atoms with Crippen LogP contribution in [0.2, 0.25) is 5.02 Å². The number of carbonyl (C=O) groups is 1. The normalized spacial score (nSPS) is 18.0. The zero-order chi connectivity index (χ0) is 15.4. The van der Waals surface area contributed by atoms with Crippen molar-refractivity contribution in [3.05, 3.63) is 53.3 Å². The van der Waals surface area contributed by atoms with Crippen LogP contribution in [0.5, 0.6) is 0 Å². The van der Waals surface area contributed by atoms with Crippen molar-refractivity contribution in [2.75, 3.05) is 18.0 Å². The van der Waals surface area contributed by atoms with E-state index in [9.17, 15) is 4.79 Å². The summed E-state index contributed by atoms with van der Waals surface area (Å²) >= 11 is 6.26. The van der Waals surface area contributed by atoms with Gasteiger partial charge in [-0.2, -0.15) is 10.2 Å². The van der Waals surface area contributed by atoms with Gasteiger partial charge in [0.1, 0.15) is 0 Å². The lowest BCUT2D eigenvalue weighted by Crippen LogP contribution is -2.48. The van der Waals surface area contributed by atoms with Crippen molar-refractivity contribution in [1.29, 1.82) is 0 Å². The minimum Gasteiger partial charge on any atom is -0.368 e. The summed E-state index contributed by atoms with van der Waals surface area (Å²) in [6.45, 7) is 1.71. The van der Waals surface area contributed by atoms with Crippen LogP contribution in [0.1, 0.15) is 23.2 Å². The maximum atomic E-state index is 12.2. The number of hydrogen-bond donors (Lipinski definition) is 1. The number of nitrogens with zero attached hydrogens (tertiary/aromatic N) is 3. The minimum absolute atomic E-state index is 0.102. The third kappa shape index (κ3) is 3.36. The molecule has 1 aromatic carbocycles. The van der Waals surface area contributed by atoms with Gasteiger partial charge in [-0.15, -0.1) is 0 Å². The second-order valence-electron chi connectivity index (χ2n) is 5.34. The molecule has 1 fully saturated rings. The van der Waals surface area contributed by atoms with E-state index in [0.29, 0.717) is 5.56 Å². The van der Waals surface area contributed by atoms with Crippen molar-refractivity contribution in [1.82, 2.24) is 15.5 Å². The van der Waals surface area contributed by atoms with Crippen LogP contribution in [-0.4, -0.2) is 35.2 Å². The van der Waals surface area contributed by atoms with Gasteiger partial charge in [0.25, 0.3) is 5.91 Å². The molecule has 0 bridgehead atoms. The summed E-state index contributed by atoms with van der Waals surface area (Å²) in [7, 11) is 0. The second kappa shape index (κ2) is 6.75. The molecule has 1 saturated heterocycles. The number of rotatable bonds is 3. The second-order valence-corrected chi connectivity index (χ2v) is 5.75. The van der Waals surface area contributed by atoms with E-state index in [0.717, 1.165) is 36.6 Å². The highest BCUT2D eigenvalue weighted by molar-refractivity contribution is 6.33. The molecule has 0 unspecified atom stereocenters. The number of carbonyl (C=O) groups excluding carboxylic acids is 1. The molecule has 1 N–H and O–H groups in total. The predicted molar refractivity (Wildman–Crippen MR) is 86.2 cm³/mol. The number of hydrogen-bond acceptors (Lipinski definition) is 4. The molecule has 2 heterocycles. The molecule has 3 rings (SSSR count). The van der Waals surface area contributed by atoms with E-state index in [4.69, 9.17) is 11.6 Å². The number of piperidine rings is 1. The number of benzene rings is 1. The third-order valence-corrected chi connectivity index (χ3v) is 4.12. The molecular weight excluding hydrogens is 300 g/mol. The van der Waals surface area contributed by atoms with Crippen LogP contribution in [0.25, 0.3) is 0 Å². The Morgan fingerprint density at radius 1 is 1.27 bits per heavy atom. The first-order valence-corrected chi connectivity index (χ1v) is 7.69. The summed E-state index contributed by atoms with van der Waals surface area (Å²) in [5, 5.41) is 11.2. The van der Waals surface area contributed by atoms with Crippen LogP contribution in [0.3, 0.4) is 0 Å². The highest BCUT2D eigenvalue weighted by Crippen LogP contribution is 2.27. The van der Waals surface area contributed by atoms with Crippen molar-refractivity contribution in [3.8, 4) is 0 Å². The highest BCUT2D eigenvalue weighted by atomic mass is 35.5. The summed E-state index contributed by atoms with van der Waals surface area (Å²) in [5.41, 5.74) is 1.55. The van der Waals surface area contributed by atoms with Crippen molar-refractivity contribution in [2.24, 2.45) is 0 Å². The Hall–Kier alpha value is -2.14. The highest BCUT2D eigenvalue weighted by Gasteiger charge is 2.23. The van der Waals surface area contributed by atoms with Gasteiger partial charge in [-0.05, 0) is 31.0 Å². The zero-order valence-corrected chi connectivity index (χ0v) is 12.8. The van der Waals surface area contributed by atoms with E-state index in [1.165, 1.54) is 12.4 Å². The Bertz CT molecular complexity index is 650. The summed E-state index contributed by atoms with van der Waals surface area (Å²) in [6, 6.07) is 9.57. The van der Waals surface area contributed by atoms with Gasteiger partial charge in [0, 0.05) is 19.1 Å². The Balaban J connectivity index is 1.66. The van der Waals surface area contributed by atoms with Crippen LogP contribution in [0, 0.1) is 0 Å². The lowest BCUT2D eigenvalue weighted by atomic mass is 10.0. The fraction of sp³-hybridized carbons (Fsp3) is 0.312. The molecule has 1 aliphatic rings. The Kier molecular flexibility index (Phi) is 4.53. The van der Waals surface area contributed by atoms with Gasteiger partial charge in [0.2, 0.25) is 0 Å². The largest absolute Gasteiger partial charge is 0.368 e. The SMILES string of the molecule is O=C(N[C@@H]1CCCN(c2ccccc2Cl)C1)c1ccnnc1. The van der Waals surface area contributed by atoms with E-state index in [1.54, 1.807) is 6.07 Å². The molecule has 0 spiro atoms. The maximum absolute atomic E-state index is 12.2. The van der Waals surface area contributed by atoms with Gasteiger partial charge in [0.05, 0.1) is 28.7 Å². The molecule has 5 nitrogen and oxygen atoms in total. The number of aromatic nitrogens is 2. The molecule has 114 valence electrons. The van der Waals surface area contributed by atoms with Gasteiger partial charge >= 0.3 is 0 Å². The van der Waals surface area contributed by atoms with Gasteiger partial charge in [-0.3, -0.25) is 4.79 Å². The third-order valence-electron chi connectivity index (χ3n) is 3.80. The van der Waals surface area contributed by atoms with Crippen molar-refractivity contribution in [3.63, 3.8) is 0 Å². The lowest BCUT2D eigenvalue weighted by molar-refractivity contribution is 0.0932. The predicted octanol–water partition coefficient (Wildman–Crippen LogP) is 2.53. The molecule has 1 amide bonds. The standard InChI is InChI=1S/C16H17ClN4O/c17-14-5-1-2-6-15(14)21-9-3-4-13(11-21)20-16(22)12-7-8-18-19-10-12/h1-2,5-8,10,13H,3-4,9,11H2,(H,20,22)/t13-/m1/s1. The molecule has 1 atom stereocenters. The van der Waals surface area contributed by atoms with Gasteiger partial charge < -0.3 is 10.2 Å². The van der Waals surface area contributed by atoms with E-state index in [-0.39, 0.29) is 11.9 Å². The van der Waals surface area contributed by atoms with Crippen molar-refractivity contribution < 1.29 is 4.79 Å². The van der Waals surface area contributed by atoms with Crippen LogP contribution in [0.4, 0.5) is 5.69 Å². The maximum Gasteiger partial charge on any atom is 0.253 e. The van der Waals surface area contributed by atoms with Crippen LogP contribution in [0.15, 0.2) is 42.7 Å². The first-order chi connectivity index (χ1) is 10.7. The van der Waals surface area contributed by atoms with Gasteiger partial charge in [-0.1, -0.05) is 23.7 Å². The number of anilines is 1. The molecular formula is C16H17ClN4O. The molecule has 0 radical (unpaired) electrons. The summed E-state index contributed by atoms with van der Waals surface area (Å²) in [4.78, 5) is 14.4. The topological polar surface area (TPSA) is 58.1 Å². The first-order valence-electron chi connectivity index (χ1n) is 7.31. The average Bonchev–Trinajstić information content (AvgIpc) is 2.56. The molecule has 6 heteroatoms. The monoisotopic (exact) mass is 316 g/mol. The zero-order valence-electron chi connectivity index (χ0n) is 12.1. The number of para-hydroxylation sites is 1.